The molecule has 0 bridgehead atoms. The molecular weight excluding hydrogens is 272 g/mol. The Kier molecular flexibility index (Phi) is 5.51. The summed E-state index contributed by atoms with van der Waals surface area (Å²) in [6.45, 7) is 6.42. The van der Waals surface area contributed by atoms with E-state index in [1.54, 1.807) is 6.92 Å². The Morgan fingerprint density at radius 1 is 1.56 bits per heavy atom. The minimum atomic E-state index is -3.48. The molecule has 1 aliphatic rings. The van der Waals surface area contributed by atoms with E-state index in [1.165, 1.54) is 4.31 Å². The summed E-state index contributed by atoms with van der Waals surface area (Å²) in [6, 6.07) is -0.116. The molecule has 1 saturated heterocycles. The first-order chi connectivity index (χ1) is 8.34. The molecule has 5 nitrogen and oxygen atoms in total. The molecule has 0 amide bonds. The van der Waals surface area contributed by atoms with Gasteiger partial charge in [-0.15, -0.1) is 0 Å². The Morgan fingerprint density at radius 2 is 2.17 bits per heavy atom. The molecule has 1 rings (SSSR count). The van der Waals surface area contributed by atoms with Crippen LogP contribution in [0.15, 0.2) is 0 Å². The Hall–Kier alpha value is -0.240. The Balaban J connectivity index is 3.03. The van der Waals surface area contributed by atoms with Crippen molar-refractivity contribution in [2.75, 3.05) is 13.2 Å². The van der Waals surface area contributed by atoms with Crippen molar-refractivity contribution < 1.29 is 13.2 Å². The third-order valence-electron chi connectivity index (χ3n) is 3.26. The third-order valence-corrected chi connectivity index (χ3v) is 6.10. The van der Waals surface area contributed by atoms with E-state index in [2.05, 4.69) is 0 Å². The maximum atomic E-state index is 12.6. The zero-order valence-corrected chi connectivity index (χ0v) is 12.8. The fraction of sp³-hybridized carbons (Fsp3) is 0.909. The van der Waals surface area contributed by atoms with Crippen molar-refractivity contribution in [1.82, 2.24) is 4.31 Å². The highest BCUT2D eigenvalue weighted by atomic mass is 32.2. The number of nitrogens with zero attached hydrogens (tertiary/aromatic N) is 1. The van der Waals surface area contributed by atoms with Crippen molar-refractivity contribution in [3.63, 3.8) is 0 Å². The van der Waals surface area contributed by atoms with E-state index in [0.717, 1.165) is 6.42 Å². The Morgan fingerprint density at radius 3 is 2.61 bits per heavy atom. The lowest BCUT2D eigenvalue weighted by Crippen LogP contribution is -2.55. The van der Waals surface area contributed by atoms with Crippen molar-refractivity contribution in [2.24, 2.45) is 5.73 Å². The van der Waals surface area contributed by atoms with Gasteiger partial charge in [-0.1, -0.05) is 26.1 Å². The summed E-state index contributed by atoms with van der Waals surface area (Å²) in [5.74, 6) is 0. The molecule has 0 aliphatic carbocycles. The van der Waals surface area contributed by atoms with Crippen molar-refractivity contribution in [3.8, 4) is 0 Å². The number of rotatable bonds is 5. The summed E-state index contributed by atoms with van der Waals surface area (Å²) >= 11 is 4.88. The monoisotopic (exact) mass is 294 g/mol. The lowest BCUT2D eigenvalue weighted by atomic mass is 10.2. The van der Waals surface area contributed by atoms with E-state index >= 15 is 0 Å². The molecule has 3 atom stereocenters. The Bertz CT molecular complexity index is 397. The highest BCUT2D eigenvalue weighted by Gasteiger charge is 2.39. The first kappa shape index (κ1) is 15.8. The SMILES string of the molecule is CCC1COC(C)CN1S(=O)(=O)C(CC)C(N)=S. The molecule has 0 aromatic heterocycles. The number of sulfonamides is 1. The summed E-state index contributed by atoms with van der Waals surface area (Å²) in [7, 11) is -3.48. The van der Waals surface area contributed by atoms with Crippen molar-refractivity contribution >= 4 is 27.2 Å². The first-order valence-electron chi connectivity index (χ1n) is 6.26. The molecule has 0 radical (unpaired) electrons. The van der Waals surface area contributed by atoms with Gasteiger partial charge in [0, 0.05) is 12.6 Å². The van der Waals surface area contributed by atoms with Gasteiger partial charge in [-0.25, -0.2) is 8.42 Å². The highest BCUT2D eigenvalue weighted by molar-refractivity contribution is 7.92. The van der Waals surface area contributed by atoms with Gasteiger partial charge in [-0.3, -0.25) is 0 Å². The van der Waals surface area contributed by atoms with Crippen molar-refractivity contribution in [3.05, 3.63) is 0 Å². The molecule has 0 aromatic rings. The summed E-state index contributed by atoms with van der Waals surface area (Å²) < 4.78 is 32.2. The molecule has 0 saturated carbocycles. The molecule has 1 fully saturated rings. The normalized spacial score (nSPS) is 27.9. The molecule has 0 aromatic carbocycles. The van der Waals surface area contributed by atoms with Crippen LogP contribution in [0, 0.1) is 0 Å². The quantitative estimate of drug-likeness (QED) is 0.762. The minimum Gasteiger partial charge on any atom is -0.392 e. The number of thiocarbonyl (C=S) groups is 1. The third kappa shape index (κ3) is 3.20. The van der Waals surface area contributed by atoms with E-state index in [1.807, 2.05) is 13.8 Å². The van der Waals surface area contributed by atoms with Gasteiger partial charge >= 0.3 is 0 Å². The number of ether oxygens (including phenoxy) is 1. The highest BCUT2D eigenvalue weighted by Crippen LogP contribution is 2.22. The largest absolute Gasteiger partial charge is 0.392 e. The van der Waals surface area contributed by atoms with Crippen LogP contribution in [-0.4, -0.2) is 48.3 Å². The molecular formula is C11H22N2O3S2. The second-order valence-corrected chi connectivity index (χ2v) is 7.16. The van der Waals surface area contributed by atoms with Gasteiger partial charge in [0.15, 0.2) is 0 Å². The van der Waals surface area contributed by atoms with E-state index in [9.17, 15) is 8.42 Å². The molecule has 1 aliphatic heterocycles. The van der Waals surface area contributed by atoms with Crippen molar-refractivity contribution in [1.29, 1.82) is 0 Å². The summed E-state index contributed by atoms with van der Waals surface area (Å²) in [4.78, 5) is 0.0477. The number of hydrogen-bond acceptors (Lipinski definition) is 4. The molecule has 3 unspecified atom stereocenters. The van der Waals surface area contributed by atoms with Crippen LogP contribution in [0.4, 0.5) is 0 Å². The predicted molar refractivity (Wildman–Crippen MR) is 76.0 cm³/mol. The molecule has 1 heterocycles. The van der Waals surface area contributed by atoms with E-state index in [4.69, 9.17) is 22.7 Å². The van der Waals surface area contributed by atoms with E-state index in [-0.39, 0.29) is 17.1 Å². The maximum Gasteiger partial charge on any atom is 0.223 e. The minimum absolute atomic E-state index is 0.0477. The van der Waals surface area contributed by atoms with Crippen LogP contribution in [0.25, 0.3) is 0 Å². The van der Waals surface area contributed by atoms with Gasteiger partial charge in [0.25, 0.3) is 0 Å². The molecule has 106 valence electrons. The standard InChI is InChI=1S/C11H22N2O3S2/c1-4-9-7-16-8(3)6-13(9)18(14,15)10(5-2)11(12)17/h8-10H,4-7H2,1-3H3,(H2,12,17). The zero-order valence-electron chi connectivity index (χ0n) is 11.1. The van der Waals surface area contributed by atoms with Gasteiger partial charge in [0.1, 0.15) is 5.25 Å². The summed E-state index contributed by atoms with van der Waals surface area (Å²) in [5, 5.41) is -0.771. The second kappa shape index (κ2) is 6.27. The average Bonchev–Trinajstić information content (AvgIpc) is 2.28. The summed E-state index contributed by atoms with van der Waals surface area (Å²) in [5.41, 5.74) is 5.56. The molecule has 7 heteroatoms. The Labute approximate surface area is 115 Å². The molecule has 0 spiro atoms. The van der Waals surface area contributed by atoms with E-state index in [0.29, 0.717) is 19.6 Å². The van der Waals surface area contributed by atoms with Gasteiger partial charge in [0.2, 0.25) is 10.0 Å². The number of hydrogen-bond donors (Lipinski definition) is 1. The van der Waals surface area contributed by atoms with E-state index < -0.39 is 15.3 Å². The fourth-order valence-corrected chi connectivity index (χ4v) is 4.79. The van der Waals surface area contributed by atoms with Crippen LogP contribution < -0.4 is 5.73 Å². The topological polar surface area (TPSA) is 72.6 Å². The van der Waals surface area contributed by atoms with Crippen LogP contribution in [0.2, 0.25) is 0 Å². The lowest BCUT2D eigenvalue weighted by Gasteiger charge is -2.38. The van der Waals surface area contributed by atoms with Gasteiger partial charge < -0.3 is 10.5 Å². The van der Waals surface area contributed by atoms with Crippen LogP contribution in [-0.2, 0) is 14.8 Å². The summed E-state index contributed by atoms with van der Waals surface area (Å²) in [6.07, 6.45) is 1.03. The van der Waals surface area contributed by atoms with Crippen LogP contribution in [0.1, 0.15) is 33.6 Å². The van der Waals surface area contributed by atoms with Crippen LogP contribution in [0.3, 0.4) is 0 Å². The van der Waals surface area contributed by atoms with Crippen molar-refractivity contribution in [2.45, 2.75) is 51.0 Å². The predicted octanol–water partition coefficient (Wildman–Crippen LogP) is 0.880. The van der Waals surface area contributed by atoms with Crippen LogP contribution >= 0.6 is 12.2 Å². The lowest BCUT2D eigenvalue weighted by molar-refractivity contribution is -0.0231. The maximum absolute atomic E-state index is 12.6. The van der Waals surface area contributed by atoms with Crippen LogP contribution in [0.5, 0.6) is 0 Å². The first-order valence-corrected chi connectivity index (χ1v) is 8.17. The van der Waals surface area contributed by atoms with Gasteiger partial charge in [0.05, 0.1) is 17.7 Å². The average molecular weight is 294 g/mol. The number of nitrogens with two attached hydrogens (primary N) is 1. The van der Waals surface area contributed by atoms with Gasteiger partial charge in [-0.2, -0.15) is 4.31 Å². The molecule has 18 heavy (non-hydrogen) atoms. The second-order valence-electron chi connectivity index (χ2n) is 4.62. The number of morpholine rings is 1. The molecule has 2 N–H and O–H groups in total. The smallest absolute Gasteiger partial charge is 0.223 e. The van der Waals surface area contributed by atoms with Gasteiger partial charge in [-0.05, 0) is 19.8 Å². The fourth-order valence-electron chi connectivity index (χ4n) is 2.17. The zero-order chi connectivity index (χ0) is 13.9.